The third kappa shape index (κ3) is 5.99. The van der Waals surface area contributed by atoms with Crippen LogP contribution in [0.3, 0.4) is 0 Å². The highest BCUT2D eigenvalue weighted by Gasteiger charge is 2.53. The number of anilines is 2. The Morgan fingerprint density at radius 1 is 0.958 bits per heavy atom. The highest BCUT2D eigenvalue weighted by molar-refractivity contribution is 5.97. The zero-order valence-corrected chi connectivity index (χ0v) is 27.3. The van der Waals surface area contributed by atoms with Crippen molar-refractivity contribution in [3.63, 3.8) is 0 Å². The SMILES string of the molecule is C=CC(=O)OCCN(CCOC(=O)C=C)c1ccc2c(c1)Oc1cc(C)c(NC3=C(C)CC(C)C=C3)cc1C21OC(=O)c2ccccc21. The Morgan fingerprint density at radius 2 is 1.65 bits per heavy atom. The highest BCUT2D eigenvalue weighted by atomic mass is 16.6. The van der Waals surface area contributed by atoms with Crippen molar-refractivity contribution in [2.24, 2.45) is 5.92 Å². The predicted molar refractivity (Wildman–Crippen MR) is 183 cm³/mol. The number of carbonyl (C=O) groups is 3. The van der Waals surface area contributed by atoms with Gasteiger partial charge in [0.15, 0.2) is 5.60 Å². The first kappa shape index (κ1) is 32.4. The maximum Gasteiger partial charge on any atom is 0.340 e. The van der Waals surface area contributed by atoms with Gasteiger partial charge in [0.25, 0.3) is 0 Å². The molecule has 2 unspecified atom stereocenters. The van der Waals surface area contributed by atoms with E-state index < -0.39 is 23.5 Å². The molecule has 0 aromatic heterocycles. The molecular weight excluding hydrogens is 608 g/mol. The van der Waals surface area contributed by atoms with E-state index in [0.29, 0.717) is 47.2 Å². The van der Waals surface area contributed by atoms with Gasteiger partial charge in [-0.05, 0) is 73.7 Å². The summed E-state index contributed by atoms with van der Waals surface area (Å²) in [5, 5.41) is 3.63. The molecule has 1 N–H and O–H groups in total. The van der Waals surface area contributed by atoms with Crippen LogP contribution in [0.1, 0.15) is 52.9 Å². The summed E-state index contributed by atoms with van der Waals surface area (Å²) in [5.74, 6) is 0.0631. The van der Waals surface area contributed by atoms with Crippen LogP contribution in [0, 0.1) is 12.8 Å². The molecule has 2 atom stereocenters. The van der Waals surface area contributed by atoms with Crippen molar-refractivity contribution in [3.05, 3.63) is 131 Å². The fraction of sp³-hybridized carbons (Fsp3) is 0.256. The predicted octanol–water partition coefficient (Wildman–Crippen LogP) is 7.11. The second kappa shape index (κ2) is 13.3. The van der Waals surface area contributed by atoms with Crippen molar-refractivity contribution < 1.29 is 33.3 Å². The molecule has 3 aliphatic rings. The van der Waals surface area contributed by atoms with Crippen LogP contribution in [0.2, 0.25) is 0 Å². The number of esters is 3. The van der Waals surface area contributed by atoms with Gasteiger partial charge in [0.05, 0.1) is 18.7 Å². The van der Waals surface area contributed by atoms with Gasteiger partial charge in [-0.2, -0.15) is 0 Å². The average Bonchev–Trinajstić information content (AvgIpc) is 3.37. The van der Waals surface area contributed by atoms with Crippen molar-refractivity contribution in [2.45, 2.75) is 32.8 Å². The largest absolute Gasteiger partial charge is 0.461 e. The molecule has 246 valence electrons. The lowest BCUT2D eigenvalue weighted by molar-refractivity contribution is -0.137. The Hall–Kier alpha value is -5.57. The summed E-state index contributed by atoms with van der Waals surface area (Å²) in [7, 11) is 0. The van der Waals surface area contributed by atoms with Gasteiger partial charge in [0.2, 0.25) is 0 Å². The Labute approximate surface area is 280 Å². The molecular formula is C39H38N2O7. The lowest BCUT2D eigenvalue weighted by Gasteiger charge is -2.38. The van der Waals surface area contributed by atoms with Gasteiger partial charge in [-0.1, -0.05) is 44.4 Å². The molecule has 1 aliphatic carbocycles. The van der Waals surface area contributed by atoms with E-state index in [9.17, 15) is 14.4 Å². The maximum atomic E-state index is 13.5. The van der Waals surface area contributed by atoms with Gasteiger partial charge in [-0.3, -0.25) is 0 Å². The number of allylic oxidation sites excluding steroid dienone is 3. The standard InChI is InChI=1S/C39H38N2O7/c1-6-36(42)45-18-16-41(17-19-46-37(43)7-2)27-13-14-30-35(22-27)47-34-21-26(5)33(40-32-15-12-24(3)20-25(32)4)23-31(34)39(30)29-11-9-8-10-28(29)38(44)48-39/h6-15,21-24,40H,1-2,16-20H2,3-5H3. The van der Waals surface area contributed by atoms with Crippen LogP contribution >= 0.6 is 0 Å². The Balaban J connectivity index is 1.43. The van der Waals surface area contributed by atoms with Crippen molar-refractivity contribution in [1.82, 2.24) is 0 Å². The minimum atomic E-state index is -1.26. The zero-order chi connectivity index (χ0) is 34.0. The second-order valence-corrected chi connectivity index (χ2v) is 12.2. The van der Waals surface area contributed by atoms with Crippen LogP contribution in [0.25, 0.3) is 0 Å². The van der Waals surface area contributed by atoms with E-state index in [2.05, 4.69) is 44.5 Å². The molecule has 0 saturated carbocycles. The molecule has 1 spiro atoms. The molecule has 9 nitrogen and oxygen atoms in total. The number of benzene rings is 3. The molecule has 3 aromatic carbocycles. The first-order chi connectivity index (χ1) is 23.1. The number of rotatable bonds is 11. The third-order valence-electron chi connectivity index (χ3n) is 8.90. The third-order valence-corrected chi connectivity index (χ3v) is 8.90. The average molecular weight is 647 g/mol. The monoisotopic (exact) mass is 646 g/mol. The first-order valence-corrected chi connectivity index (χ1v) is 15.9. The summed E-state index contributed by atoms with van der Waals surface area (Å²) >= 11 is 0. The van der Waals surface area contributed by atoms with Crippen molar-refractivity contribution in [1.29, 1.82) is 0 Å². The van der Waals surface area contributed by atoms with Gasteiger partial charge in [-0.15, -0.1) is 0 Å². The van der Waals surface area contributed by atoms with E-state index in [1.54, 1.807) is 6.07 Å². The van der Waals surface area contributed by atoms with Crippen molar-refractivity contribution in [2.75, 3.05) is 36.5 Å². The maximum absolute atomic E-state index is 13.5. The topological polar surface area (TPSA) is 103 Å². The molecule has 2 heterocycles. The number of hydrogen-bond acceptors (Lipinski definition) is 9. The fourth-order valence-corrected chi connectivity index (χ4v) is 6.50. The summed E-state index contributed by atoms with van der Waals surface area (Å²) in [6, 6.07) is 17.1. The molecule has 0 bridgehead atoms. The summed E-state index contributed by atoms with van der Waals surface area (Å²) in [6.45, 7) is 14.0. The van der Waals surface area contributed by atoms with Crippen molar-refractivity contribution in [3.8, 4) is 11.5 Å². The fourth-order valence-electron chi connectivity index (χ4n) is 6.50. The van der Waals surface area contributed by atoms with E-state index in [1.165, 1.54) is 5.57 Å². The van der Waals surface area contributed by atoms with Crippen LogP contribution in [-0.2, 0) is 29.4 Å². The summed E-state index contributed by atoms with van der Waals surface area (Å²) < 4.78 is 23.5. The molecule has 0 amide bonds. The summed E-state index contributed by atoms with van der Waals surface area (Å²) in [6.07, 6.45) is 7.51. The number of nitrogens with zero attached hydrogens (tertiary/aromatic N) is 1. The highest BCUT2D eigenvalue weighted by Crippen LogP contribution is 2.57. The van der Waals surface area contributed by atoms with Crippen molar-refractivity contribution >= 4 is 29.3 Å². The molecule has 0 fully saturated rings. The lowest BCUT2D eigenvalue weighted by atomic mass is 9.77. The normalized spacial score (nSPS) is 18.6. The number of fused-ring (bicyclic) bond motifs is 6. The quantitative estimate of drug-likeness (QED) is 0.133. The van der Waals surface area contributed by atoms with Crippen LogP contribution in [-0.4, -0.2) is 44.2 Å². The number of hydrogen-bond donors (Lipinski definition) is 1. The lowest BCUT2D eigenvalue weighted by Crippen LogP contribution is -2.34. The minimum Gasteiger partial charge on any atom is -0.461 e. The smallest absolute Gasteiger partial charge is 0.340 e. The van der Waals surface area contributed by atoms with Gasteiger partial charge >= 0.3 is 17.9 Å². The molecule has 0 saturated heterocycles. The van der Waals surface area contributed by atoms with E-state index in [0.717, 1.165) is 46.8 Å². The van der Waals surface area contributed by atoms with Crippen LogP contribution in [0.5, 0.6) is 11.5 Å². The van der Waals surface area contributed by atoms with Crippen LogP contribution < -0.4 is 15.0 Å². The zero-order valence-electron chi connectivity index (χ0n) is 27.3. The number of aryl methyl sites for hydroxylation is 1. The van der Waals surface area contributed by atoms with E-state index in [4.69, 9.17) is 18.9 Å². The van der Waals surface area contributed by atoms with E-state index >= 15 is 0 Å². The molecule has 2 aliphatic heterocycles. The number of ether oxygens (including phenoxy) is 4. The number of carbonyl (C=O) groups excluding carboxylic acids is 3. The molecule has 0 radical (unpaired) electrons. The molecule has 48 heavy (non-hydrogen) atoms. The second-order valence-electron chi connectivity index (χ2n) is 12.2. The molecule has 6 rings (SSSR count). The van der Waals surface area contributed by atoms with Gasteiger partial charge < -0.3 is 29.2 Å². The summed E-state index contributed by atoms with van der Waals surface area (Å²) in [5.41, 5.74) is 6.24. The first-order valence-electron chi connectivity index (χ1n) is 15.9. The Morgan fingerprint density at radius 3 is 2.33 bits per heavy atom. The van der Waals surface area contributed by atoms with Crippen LogP contribution in [0.15, 0.2) is 103 Å². The van der Waals surface area contributed by atoms with E-state index in [1.807, 2.05) is 60.4 Å². The van der Waals surface area contributed by atoms with Gasteiger partial charge in [0.1, 0.15) is 24.7 Å². The minimum absolute atomic E-state index is 0.0783. The molecule has 9 heteroatoms. The number of nitrogens with one attached hydrogen (secondary N) is 1. The summed E-state index contributed by atoms with van der Waals surface area (Å²) in [4.78, 5) is 38.9. The Kier molecular flexibility index (Phi) is 8.95. The van der Waals surface area contributed by atoms with Gasteiger partial charge in [-0.25, -0.2) is 14.4 Å². The molecule has 3 aromatic rings. The van der Waals surface area contributed by atoms with E-state index in [-0.39, 0.29) is 13.2 Å². The Bertz CT molecular complexity index is 1860. The van der Waals surface area contributed by atoms with Crippen LogP contribution in [0.4, 0.5) is 11.4 Å². The van der Waals surface area contributed by atoms with Gasteiger partial charge in [0, 0.05) is 52.0 Å².